The standard InChI is InChI=1S/C22H17ClN2O3/c1-2-27-16-10-7-14(8-11-16)21(26)24-15-9-12-18(23)17(13-15)22-25-19-5-3-4-6-20(19)28-22/h3-13H,2H2,1H3,(H,24,26). The van der Waals surface area contributed by atoms with Gasteiger partial charge in [-0.3, -0.25) is 4.79 Å². The van der Waals surface area contributed by atoms with Gasteiger partial charge >= 0.3 is 0 Å². The minimum absolute atomic E-state index is 0.228. The van der Waals surface area contributed by atoms with Gasteiger partial charge in [-0.1, -0.05) is 23.7 Å². The Morgan fingerprint density at radius 1 is 1.11 bits per heavy atom. The third-order valence-corrected chi connectivity index (χ3v) is 4.51. The zero-order valence-electron chi connectivity index (χ0n) is 15.1. The summed E-state index contributed by atoms with van der Waals surface area (Å²) in [7, 11) is 0. The summed E-state index contributed by atoms with van der Waals surface area (Å²) in [6, 6.07) is 19.7. The number of oxazole rings is 1. The Morgan fingerprint density at radius 3 is 2.64 bits per heavy atom. The van der Waals surface area contributed by atoms with E-state index in [1.54, 1.807) is 42.5 Å². The van der Waals surface area contributed by atoms with Crippen LogP contribution in [0.5, 0.6) is 5.75 Å². The van der Waals surface area contributed by atoms with Crippen molar-refractivity contribution in [2.24, 2.45) is 0 Å². The third-order valence-electron chi connectivity index (χ3n) is 4.18. The van der Waals surface area contributed by atoms with E-state index < -0.39 is 0 Å². The second kappa shape index (κ2) is 7.74. The molecule has 0 fully saturated rings. The Labute approximate surface area is 166 Å². The fraction of sp³-hybridized carbons (Fsp3) is 0.0909. The first-order valence-electron chi connectivity index (χ1n) is 8.84. The number of nitrogens with one attached hydrogen (secondary N) is 1. The van der Waals surface area contributed by atoms with Gasteiger partial charge in [-0.25, -0.2) is 4.98 Å². The van der Waals surface area contributed by atoms with Crippen LogP contribution in [0.3, 0.4) is 0 Å². The van der Waals surface area contributed by atoms with Crippen LogP contribution in [-0.2, 0) is 0 Å². The molecule has 0 bridgehead atoms. The summed E-state index contributed by atoms with van der Waals surface area (Å²) < 4.78 is 11.2. The Bertz CT molecular complexity index is 1100. The molecule has 1 N–H and O–H groups in total. The summed E-state index contributed by atoms with van der Waals surface area (Å²) in [4.78, 5) is 17.0. The molecule has 0 radical (unpaired) electrons. The van der Waals surface area contributed by atoms with Crippen molar-refractivity contribution in [1.82, 2.24) is 4.98 Å². The minimum atomic E-state index is -0.228. The lowest BCUT2D eigenvalue weighted by Gasteiger charge is -2.08. The van der Waals surface area contributed by atoms with Crippen molar-refractivity contribution >= 4 is 34.3 Å². The highest BCUT2D eigenvalue weighted by Gasteiger charge is 2.14. The highest BCUT2D eigenvalue weighted by atomic mass is 35.5. The molecule has 0 aliphatic carbocycles. The number of rotatable bonds is 5. The second-order valence-corrected chi connectivity index (χ2v) is 6.50. The van der Waals surface area contributed by atoms with E-state index >= 15 is 0 Å². The summed E-state index contributed by atoms with van der Waals surface area (Å²) in [6.07, 6.45) is 0. The van der Waals surface area contributed by atoms with E-state index in [-0.39, 0.29) is 5.91 Å². The highest BCUT2D eigenvalue weighted by Crippen LogP contribution is 2.32. The van der Waals surface area contributed by atoms with Crippen molar-refractivity contribution in [3.8, 4) is 17.2 Å². The number of hydrogen-bond acceptors (Lipinski definition) is 4. The quantitative estimate of drug-likeness (QED) is 0.466. The molecule has 140 valence electrons. The van der Waals surface area contributed by atoms with E-state index in [0.717, 1.165) is 11.3 Å². The summed E-state index contributed by atoms with van der Waals surface area (Å²) in [5.74, 6) is 0.904. The van der Waals surface area contributed by atoms with Gasteiger partial charge in [0, 0.05) is 11.3 Å². The second-order valence-electron chi connectivity index (χ2n) is 6.09. The maximum absolute atomic E-state index is 12.5. The van der Waals surface area contributed by atoms with Gasteiger partial charge in [0.1, 0.15) is 11.3 Å². The molecule has 4 rings (SSSR count). The Morgan fingerprint density at radius 2 is 1.89 bits per heavy atom. The molecule has 0 saturated carbocycles. The average Bonchev–Trinajstić information content (AvgIpc) is 3.14. The van der Waals surface area contributed by atoms with Gasteiger partial charge in [-0.15, -0.1) is 0 Å². The molecule has 4 aromatic rings. The number of ether oxygens (including phenoxy) is 1. The lowest BCUT2D eigenvalue weighted by molar-refractivity contribution is 0.102. The van der Waals surface area contributed by atoms with Crippen molar-refractivity contribution in [1.29, 1.82) is 0 Å². The van der Waals surface area contributed by atoms with Gasteiger partial charge in [0.15, 0.2) is 5.58 Å². The number of carbonyl (C=O) groups excluding carboxylic acids is 1. The molecule has 6 heteroatoms. The minimum Gasteiger partial charge on any atom is -0.494 e. The maximum Gasteiger partial charge on any atom is 0.255 e. The van der Waals surface area contributed by atoms with Gasteiger partial charge in [0.05, 0.1) is 17.2 Å². The van der Waals surface area contributed by atoms with Gasteiger partial charge < -0.3 is 14.5 Å². The number of carbonyl (C=O) groups is 1. The number of anilines is 1. The number of aromatic nitrogens is 1. The van der Waals surface area contributed by atoms with E-state index in [0.29, 0.717) is 39.9 Å². The molecule has 1 amide bonds. The van der Waals surface area contributed by atoms with Crippen molar-refractivity contribution in [2.45, 2.75) is 6.92 Å². The predicted octanol–water partition coefficient (Wildman–Crippen LogP) is 5.80. The summed E-state index contributed by atoms with van der Waals surface area (Å²) in [6.45, 7) is 2.49. The lowest BCUT2D eigenvalue weighted by Crippen LogP contribution is -2.11. The molecule has 0 aliphatic heterocycles. The summed E-state index contributed by atoms with van der Waals surface area (Å²) in [5, 5.41) is 3.36. The molecule has 0 spiro atoms. The molecule has 0 saturated heterocycles. The fourth-order valence-electron chi connectivity index (χ4n) is 2.83. The molecule has 5 nitrogen and oxygen atoms in total. The first-order valence-corrected chi connectivity index (χ1v) is 9.21. The van der Waals surface area contributed by atoms with Gasteiger partial charge in [0.2, 0.25) is 5.89 Å². The first-order chi connectivity index (χ1) is 13.6. The molecule has 0 atom stereocenters. The van der Waals surface area contributed by atoms with Gasteiger partial charge in [-0.2, -0.15) is 0 Å². The van der Waals surface area contributed by atoms with Crippen LogP contribution >= 0.6 is 11.6 Å². The summed E-state index contributed by atoms with van der Waals surface area (Å²) in [5.41, 5.74) is 3.17. The van der Waals surface area contributed by atoms with Crippen molar-refractivity contribution < 1.29 is 13.9 Å². The Balaban J connectivity index is 1.59. The Kier molecular flexibility index (Phi) is 5.00. The fourth-order valence-corrected chi connectivity index (χ4v) is 3.03. The van der Waals surface area contributed by atoms with Crippen LogP contribution < -0.4 is 10.1 Å². The van der Waals surface area contributed by atoms with Crippen LogP contribution in [0.4, 0.5) is 5.69 Å². The van der Waals surface area contributed by atoms with Crippen LogP contribution in [-0.4, -0.2) is 17.5 Å². The molecular weight excluding hydrogens is 376 g/mol. The number of para-hydroxylation sites is 2. The average molecular weight is 393 g/mol. The molecule has 1 aromatic heterocycles. The highest BCUT2D eigenvalue weighted by molar-refractivity contribution is 6.33. The van der Waals surface area contributed by atoms with Crippen molar-refractivity contribution in [2.75, 3.05) is 11.9 Å². The Hall–Kier alpha value is -3.31. The van der Waals surface area contributed by atoms with E-state index in [1.165, 1.54) is 0 Å². The van der Waals surface area contributed by atoms with E-state index in [1.807, 2.05) is 31.2 Å². The van der Waals surface area contributed by atoms with Crippen LogP contribution in [0.25, 0.3) is 22.6 Å². The number of amides is 1. The number of fused-ring (bicyclic) bond motifs is 1. The summed E-state index contributed by atoms with van der Waals surface area (Å²) >= 11 is 6.33. The molecule has 0 aliphatic rings. The van der Waals surface area contributed by atoms with Crippen LogP contribution in [0.1, 0.15) is 17.3 Å². The van der Waals surface area contributed by atoms with Gasteiger partial charge in [-0.05, 0) is 61.5 Å². The normalized spacial score (nSPS) is 10.8. The first kappa shape index (κ1) is 18.1. The molecule has 0 unspecified atom stereocenters. The number of hydrogen-bond donors (Lipinski definition) is 1. The molecule has 1 heterocycles. The smallest absolute Gasteiger partial charge is 0.255 e. The zero-order valence-corrected chi connectivity index (χ0v) is 15.9. The predicted molar refractivity (Wildman–Crippen MR) is 110 cm³/mol. The zero-order chi connectivity index (χ0) is 19.5. The number of halogens is 1. The monoisotopic (exact) mass is 392 g/mol. The topological polar surface area (TPSA) is 64.4 Å². The van der Waals surface area contributed by atoms with E-state index in [9.17, 15) is 4.79 Å². The van der Waals surface area contributed by atoms with Crippen molar-refractivity contribution in [3.63, 3.8) is 0 Å². The van der Waals surface area contributed by atoms with Crippen LogP contribution in [0.2, 0.25) is 5.02 Å². The van der Waals surface area contributed by atoms with E-state index in [2.05, 4.69) is 10.3 Å². The maximum atomic E-state index is 12.5. The van der Waals surface area contributed by atoms with Crippen LogP contribution in [0.15, 0.2) is 71.1 Å². The van der Waals surface area contributed by atoms with Crippen LogP contribution in [0, 0.1) is 0 Å². The largest absolute Gasteiger partial charge is 0.494 e. The van der Waals surface area contributed by atoms with Crippen molar-refractivity contribution in [3.05, 3.63) is 77.3 Å². The lowest BCUT2D eigenvalue weighted by atomic mass is 10.1. The molecule has 28 heavy (non-hydrogen) atoms. The SMILES string of the molecule is CCOc1ccc(C(=O)Nc2ccc(Cl)c(-c3nc4ccccc4o3)c2)cc1. The third kappa shape index (κ3) is 3.70. The molecule has 3 aromatic carbocycles. The van der Waals surface area contributed by atoms with E-state index in [4.69, 9.17) is 20.8 Å². The number of benzene rings is 3. The molecular formula is C22H17ClN2O3. The number of nitrogens with zero attached hydrogens (tertiary/aromatic N) is 1. The van der Waals surface area contributed by atoms with Gasteiger partial charge in [0.25, 0.3) is 5.91 Å².